The summed E-state index contributed by atoms with van der Waals surface area (Å²) in [6.07, 6.45) is 0. The minimum absolute atomic E-state index is 0.503. The third kappa shape index (κ3) is 2.93. The van der Waals surface area contributed by atoms with Crippen LogP contribution in [-0.2, 0) is 0 Å². The van der Waals surface area contributed by atoms with Gasteiger partial charge >= 0.3 is 7.12 Å². The van der Waals surface area contributed by atoms with Gasteiger partial charge < -0.3 is 14.6 Å². The first-order valence-electron chi connectivity index (χ1n) is 10.7. The van der Waals surface area contributed by atoms with Crippen molar-refractivity contribution in [2.75, 3.05) is 0 Å². The molecule has 0 saturated heterocycles. The highest BCUT2D eigenvalue weighted by atomic mass is 16.4. The lowest BCUT2D eigenvalue weighted by atomic mass is 9.75. The summed E-state index contributed by atoms with van der Waals surface area (Å²) in [5.41, 5.74) is 5.67. The molecule has 0 unspecified atom stereocenters. The third-order valence-electron chi connectivity index (χ3n) is 6.22. The summed E-state index contributed by atoms with van der Waals surface area (Å²) in [5.74, 6) is 0. The van der Waals surface area contributed by atoms with Crippen molar-refractivity contribution in [1.29, 1.82) is 0 Å². The number of benzene rings is 5. The predicted octanol–water partition coefficient (Wildman–Crippen LogP) is 5.28. The molecule has 0 saturated carbocycles. The Kier molecular flexibility index (Phi) is 4.35. The summed E-state index contributed by atoms with van der Waals surface area (Å²) in [4.78, 5) is 0. The highest BCUT2D eigenvalue weighted by Gasteiger charge is 2.17. The van der Waals surface area contributed by atoms with Gasteiger partial charge in [0.1, 0.15) is 0 Å². The molecule has 0 bridgehead atoms. The second kappa shape index (κ2) is 7.38. The monoisotopic (exact) mass is 413 g/mol. The van der Waals surface area contributed by atoms with Crippen molar-refractivity contribution < 1.29 is 10.0 Å². The zero-order chi connectivity index (χ0) is 21.7. The Morgan fingerprint density at radius 1 is 0.562 bits per heavy atom. The molecular formula is C28H20BNO2. The molecule has 3 nitrogen and oxygen atoms in total. The van der Waals surface area contributed by atoms with Gasteiger partial charge in [-0.05, 0) is 57.7 Å². The average Bonchev–Trinajstić information content (AvgIpc) is 3.16. The molecule has 0 aliphatic rings. The van der Waals surface area contributed by atoms with Crippen LogP contribution >= 0.6 is 0 Å². The van der Waals surface area contributed by atoms with E-state index >= 15 is 0 Å². The van der Waals surface area contributed by atoms with Gasteiger partial charge in [-0.1, -0.05) is 78.9 Å². The maximum Gasteiger partial charge on any atom is 0.489 e. The van der Waals surface area contributed by atoms with Crippen LogP contribution in [0.15, 0.2) is 109 Å². The zero-order valence-electron chi connectivity index (χ0n) is 17.3. The van der Waals surface area contributed by atoms with Crippen molar-refractivity contribution in [3.8, 4) is 16.8 Å². The molecule has 1 heterocycles. The van der Waals surface area contributed by atoms with Crippen molar-refractivity contribution in [3.05, 3.63) is 109 Å². The number of aromatic nitrogens is 1. The van der Waals surface area contributed by atoms with Crippen LogP contribution in [0.25, 0.3) is 49.4 Å². The Hall–Kier alpha value is -3.86. The first-order chi connectivity index (χ1) is 15.7. The molecule has 4 heteroatoms. The Bertz CT molecular complexity index is 1600. The van der Waals surface area contributed by atoms with E-state index in [9.17, 15) is 10.0 Å². The fraction of sp³-hybridized carbons (Fsp3) is 0. The van der Waals surface area contributed by atoms with E-state index in [1.807, 2.05) is 30.3 Å². The first kappa shape index (κ1) is 18.9. The lowest BCUT2D eigenvalue weighted by Crippen LogP contribution is -2.31. The molecule has 0 amide bonds. The number of hydrogen-bond acceptors (Lipinski definition) is 2. The van der Waals surface area contributed by atoms with E-state index in [2.05, 4.69) is 77.4 Å². The van der Waals surface area contributed by atoms with Gasteiger partial charge in [-0.3, -0.25) is 0 Å². The van der Waals surface area contributed by atoms with Crippen LogP contribution < -0.4 is 5.46 Å². The SMILES string of the molecule is OB(O)c1ccccc1-c1ccc(-n2c3ccccc3c3cc4ccccc4cc32)cc1. The smallest absolute Gasteiger partial charge is 0.423 e. The Balaban J connectivity index is 1.57. The molecule has 5 aromatic carbocycles. The summed E-state index contributed by atoms with van der Waals surface area (Å²) in [6.45, 7) is 0. The average molecular weight is 413 g/mol. The highest BCUT2D eigenvalue weighted by molar-refractivity contribution is 6.60. The first-order valence-corrected chi connectivity index (χ1v) is 10.7. The Morgan fingerprint density at radius 2 is 1.22 bits per heavy atom. The molecule has 1 aromatic heterocycles. The zero-order valence-corrected chi connectivity index (χ0v) is 17.3. The fourth-order valence-electron chi connectivity index (χ4n) is 4.71. The highest BCUT2D eigenvalue weighted by Crippen LogP contribution is 2.35. The van der Waals surface area contributed by atoms with Gasteiger partial charge in [-0.25, -0.2) is 0 Å². The van der Waals surface area contributed by atoms with E-state index in [-0.39, 0.29) is 0 Å². The number of rotatable bonds is 3. The predicted molar refractivity (Wildman–Crippen MR) is 134 cm³/mol. The largest absolute Gasteiger partial charge is 0.489 e. The van der Waals surface area contributed by atoms with Gasteiger partial charge in [0.15, 0.2) is 0 Å². The van der Waals surface area contributed by atoms with Gasteiger partial charge in [0.25, 0.3) is 0 Å². The lowest BCUT2D eigenvalue weighted by molar-refractivity contribution is 0.426. The normalized spacial score (nSPS) is 11.4. The second-order valence-electron chi connectivity index (χ2n) is 8.08. The molecule has 0 radical (unpaired) electrons. The Morgan fingerprint density at radius 3 is 2.00 bits per heavy atom. The van der Waals surface area contributed by atoms with Crippen molar-refractivity contribution in [3.63, 3.8) is 0 Å². The molecule has 0 atom stereocenters. The van der Waals surface area contributed by atoms with Crippen LogP contribution in [0.5, 0.6) is 0 Å². The van der Waals surface area contributed by atoms with Gasteiger partial charge in [0.05, 0.1) is 11.0 Å². The van der Waals surface area contributed by atoms with Gasteiger partial charge in [0.2, 0.25) is 0 Å². The molecule has 0 spiro atoms. The molecule has 6 aromatic rings. The fourth-order valence-corrected chi connectivity index (χ4v) is 4.71. The molecule has 6 rings (SSSR count). The van der Waals surface area contributed by atoms with Crippen LogP contribution in [0.3, 0.4) is 0 Å². The summed E-state index contributed by atoms with van der Waals surface area (Å²) >= 11 is 0. The maximum absolute atomic E-state index is 9.75. The van der Waals surface area contributed by atoms with Crippen molar-refractivity contribution in [1.82, 2.24) is 4.57 Å². The second-order valence-corrected chi connectivity index (χ2v) is 8.08. The van der Waals surface area contributed by atoms with E-state index in [1.54, 1.807) is 6.07 Å². The summed E-state index contributed by atoms with van der Waals surface area (Å²) in [5, 5.41) is 24.4. The van der Waals surface area contributed by atoms with E-state index in [0.29, 0.717) is 5.46 Å². The number of hydrogen-bond donors (Lipinski definition) is 2. The van der Waals surface area contributed by atoms with Gasteiger partial charge in [-0.2, -0.15) is 0 Å². The molecule has 2 N–H and O–H groups in total. The van der Waals surface area contributed by atoms with Crippen LogP contribution in [0.2, 0.25) is 0 Å². The summed E-state index contributed by atoms with van der Waals surface area (Å²) < 4.78 is 2.30. The summed E-state index contributed by atoms with van der Waals surface area (Å²) in [6, 6.07) is 37.1. The Labute approximate surface area is 185 Å². The minimum atomic E-state index is -1.50. The summed E-state index contributed by atoms with van der Waals surface area (Å²) in [7, 11) is -1.50. The van der Waals surface area contributed by atoms with Gasteiger partial charge in [-0.15, -0.1) is 0 Å². The molecule has 152 valence electrons. The van der Waals surface area contributed by atoms with Crippen LogP contribution in [0, 0.1) is 0 Å². The van der Waals surface area contributed by atoms with Crippen molar-refractivity contribution >= 4 is 45.2 Å². The molecule has 0 aliphatic heterocycles. The minimum Gasteiger partial charge on any atom is -0.423 e. The molecule has 32 heavy (non-hydrogen) atoms. The van der Waals surface area contributed by atoms with Crippen molar-refractivity contribution in [2.45, 2.75) is 0 Å². The number of para-hydroxylation sites is 1. The molecule has 0 aliphatic carbocycles. The van der Waals surface area contributed by atoms with Crippen LogP contribution in [0.1, 0.15) is 0 Å². The topological polar surface area (TPSA) is 45.4 Å². The van der Waals surface area contributed by atoms with Crippen LogP contribution in [0.4, 0.5) is 0 Å². The van der Waals surface area contributed by atoms with E-state index in [1.165, 1.54) is 27.1 Å². The molecular weight excluding hydrogens is 393 g/mol. The van der Waals surface area contributed by atoms with E-state index < -0.39 is 7.12 Å². The third-order valence-corrected chi connectivity index (χ3v) is 6.22. The van der Waals surface area contributed by atoms with E-state index in [4.69, 9.17) is 0 Å². The standard InChI is InChI=1S/C28H20BNO2/c31-29(32)26-11-5-3-9-23(26)19-13-15-22(16-14-19)30-27-12-6-4-10-24(27)25-17-20-7-1-2-8-21(20)18-28(25)30/h1-18,31-32H. The molecule has 0 fully saturated rings. The van der Waals surface area contributed by atoms with Crippen molar-refractivity contribution in [2.24, 2.45) is 0 Å². The maximum atomic E-state index is 9.75. The number of fused-ring (bicyclic) bond motifs is 4. The quantitative estimate of drug-likeness (QED) is 0.388. The lowest BCUT2D eigenvalue weighted by Gasteiger charge is -2.12. The van der Waals surface area contributed by atoms with Gasteiger partial charge in [0, 0.05) is 16.5 Å². The van der Waals surface area contributed by atoms with E-state index in [0.717, 1.165) is 22.3 Å². The van der Waals surface area contributed by atoms with Crippen LogP contribution in [-0.4, -0.2) is 21.7 Å². The number of nitrogens with zero attached hydrogens (tertiary/aromatic N) is 1.